The highest BCUT2D eigenvalue weighted by Gasteiger charge is 1.97. The Morgan fingerprint density at radius 1 is 0.527 bits per heavy atom. The number of alkyl halides is 2. The summed E-state index contributed by atoms with van der Waals surface area (Å²) in [5.41, 5.74) is 2.26. The summed E-state index contributed by atoms with van der Waals surface area (Å²) in [5, 5.41) is 17.1. The normalized spacial score (nSPS) is 9.78. The van der Waals surface area contributed by atoms with Crippen molar-refractivity contribution in [2.24, 2.45) is 0 Å². The van der Waals surface area contributed by atoms with E-state index in [4.69, 9.17) is 75.5 Å². The second kappa shape index (κ2) is 50.6. The second-order valence-corrected chi connectivity index (χ2v) is 13.6. The molecule has 0 aliphatic carbocycles. The molecule has 0 spiro atoms. The number of methoxy groups -OCH3 is 4. The zero-order valence-corrected chi connectivity index (χ0v) is 37.6. The van der Waals surface area contributed by atoms with E-state index in [9.17, 15) is 0 Å². The average Bonchev–Trinajstić information content (AvgIpc) is 3.16. The maximum Gasteiger partial charge on any atom is 0.211 e. The molecule has 2 aromatic carbocycles. The van der Waals surface area contributed by atoms with Crippen molar-refractivity contribution in [3.63, 3.8) is 0 Å². The molecule has 0 saturated heterocycles. The number of benzene rings is 2. The van der Waals surface area contributed by atoms with Crippen LogP contribution in [0, 0.1) is 0 Å². The van der Waals surface area contributed by atoms with Gasteiger partial charge in [-0.1, -0.05) is 0 Å². The number of ether oxygens (including phenoxy) is 9. The van der Waals surface area contributed by atoms with Crippen LogP contribution in [0.4, 0.5) is 11.4 Å². The van der Waals surface area contributed by atoms with E-state index in [1.807, 2.05) is 69.5 Å². The Morgan fingerprint density at radius 3 is 1.15 bits per heavy atom. The summed E-state index contributed by atoms with van der Waals surface area (Å²) in [6, 6.07) is 15.1. The standard InChI is InChI=1S/C13H21NO3.C8H11NO.2C5H11ClO2.C5H12O3.Cl2OS/c1-14(2)12-4-6-13(7-5-12)17-11-10-16-9-8-15-3;1-9(2)7-3-5-8(10)6-4-7;3*1-7-4-5-8-3-2-6;1-4(2)3/h4-7H,8-11H2,1-3H3;3-6,10H,1-2H3;2*2-5H2,1H3;6H,2-5H2,1H3;. The lowest BCUT2D eigenvalue weighted by Crippen LogP contribution is -2.10. The zero-order chi connectivity index (χ0) is 42.4. The van der Waals surface area contributed by atoms with Gasteiger partial charge in [0.2, 0.25) is 9.23 Å². The van der Waals surface area contributed by atoms with Crippen LogP contribution in [-0.4, -0.2) is 175 Å². The van der Waals surface area contributed by atoms with Crippen molar-refractivity contribution in [3.05, 3.63) is 48.5 Å². The van der Waals surface area contributed by atoms with Crippen LogP contribution in [0.3, 0.4) is 0 Å². The highest BCUT2D eigenvalue weighted by molar-refractivity contribution is 8.26. The van der Waals surface area contributed by atoms with Crippen molar-refractivity contribution >= 4 is 65.2 Å². The number of hydrogen-bond acceptors (Lipinski definition) is 14. The fourth-order valence-electron chi connectivity index (χ4n) is 2.96. The first-order chi connectivity index (χ1) is 26.4. The first-order valence-corrected chi connectivity index (χ1v) is 20.9. The molecule has 0 aliphatic heterocycles. The third kappa shape index (κ3) is 54.7. The van der Waals surface area contributed by atoms with Gasteiger partial charge in [-0.2, -0.15) is 0 Å². The van der Waals surface area contributed by atoms with Gasteiger partial charge < -0.3 is 62.6 Å². The Labute approximate surface area is 351 Å². The van der Waals surface area contributed by atoms with Gasteiger partial charge in [-0.3, -0.25) is 0 Å². The molecule has 0 aliphatic rings. The minimum absolute atomic E-state index is 0.0870. The molecule has 19 heteroatoms. The molecule has 0 unspecified atom stereocenters. The van der Waals surface area contributed by atoms with Gasteiger partial charge in [0, 0.05) is 101 Å². The Hall–Kier alpha value is -1.41. The maximum absolute atomic E-state index is 9.09. The minimum Gasteiger partial charge on any atom is -0.508 e. The van der Waals surface area contributed by atoms with E-state index in [1.54, 1.807) is 40.6 Å². The number of hydrogen-bond donors (Lipinski definition) is 2. The molecule has 2 N–H and O–H groups in total. The SMILES string of the molecule is CN(C)c1ccc(O)cc1.COCCOCCCl.COCCOCCCl.COCCOCCO.COCCOCCOc1ccc(N(C)C)cc1.O=S(Cl)Cl. The predicted molar refractivity (Wildman–Crippen MR) is 228 cm³/mol. The molecular formula is C36H66Cl4N2O12S. The molecule has 0 heterocycles. The number of halogens is 4. The maximum atomic E-state index is 9.09. The first-order valence-electron chi connectivity index (χ1n) is 17.0. The Morgan fingerprint density at radius 2 is 0.836 bits per heavy atom. The Bertz CT molecular complexity index is 973. The number of phenolic OH excluding ortho intramolecular Hbond substituents is 1. The van der Waals surface area contributed by atoms with Crippen LogP contribution in [-0.2, 0) is 47.1 Å². The van der Waals surface area contributed by atoms with Gasteiger partial charge in [0.1, 0.15) is 18.1 Å². The monoisotopic (exact) mass is 890 g/mol. The molecule has 0 atom stereocenters. The van der Waals surface area contributed by atoms with Gasteiger partial charge in [0.05, 0.1) is 85.9 Å². The van der Waals surface area contributed by atoms with Crippen LogP contribution in [0.25, 0.3) is 0 Å². The summed E-state index contributed by atoms with van der Waals surface area (Å²) < 4.78 is 53.7. The van der Waals surface area contributed by atoms with Gasteiger partial charge in [-0.25, -0.2) is 4.21 Å². The molecule has 0 bridgehead atoms. The van der Waals surface area contributed by atoms with E-state index in [0.717, 1.165) is 17.1 Å². The van der Waals surface area contributed by atoms with E-state index in [1.165, 1.54) is 0 Å². The third-order valence-electron chi connectivity index (χ3n) is 5.62. The van der Waals surface area contributed by atoms with Gasteiger partial charge in [-0.05, 0) is 48.5 Å². The van der Waals surface area contributed by atoms with E-state index in [0.29, 0.717) is 103 Å². The molecule has 2 aromatic rings. The van der Waals surface area contributed by atoms with Crippen LogP contribution < -0.4 is 14.5 Å². The van der Waals surface area contributed by atoms with E-state index < -0.39 is 9.23 Å². The van der Waals surface area contributed by atoms with Crippen molar-refractivity contribution < 1.29 is 57.1 Å². The van der Waals surface area contributed by atoms with E-state index in [2.05, 4.69) is 31.0 Å². The fourth-order valence-corrected chi connectivity index (χ4v) is 3.18. The lowest BCUT2D eigenvalue weighted by Gasteiger charge is -2.13. The molecule has 0 saturated carbocycles. The molecular weight excluding hydrogens is 826 g/mol. The largest absolute Gasteiger partial charge is 0.508 e. The number of anilines is 2. The van der Waals surface area contributed by atoms with Crippen molar-refractivity contribution in [3.8, 4) is 11.5 Å². The van der Waals surface area contributed by atoms with Crippen LogP contribution in [0.5, 0.6) is 11.5 Å². The molecule has 55 heavy (non-hydrogen) atoms. The topological polar surface area (TPSA) is 147 Å². The zero-order valence-electron chi connectivity index (χ0n) is 33.7. The highest BCUT2D eigenvalue weighted by Crippen LogP contribution is 2.17. The number of rotatable bonds is 24. The smallest absolute Gasteiger partial charge is 0.211 e. The number of nitrogens with zero attached hydrogens (tertiary/aromatic N) is 2. The average molecular weight is 893 g/mol. The summed E-state index contributed by atoms with van der Waals surface area (Å²) in [7, 11) is 21.9. The molecule has 326 valence electrons. The summed E-state index contributed by atoms with van der Waals surface area (Å²) in [6.07, 6.45) is 0. The molecule has 0 aromatic heterocycles. The van der Waals surface area contributed by atoms with Crippen LogP contribution in [0.15, 0.2) is 48.5 Å². The number of aliphatic hydroxyl groups is 1. The van der Waals surface area contributed by atoms with Crippen LogP contribution in [0.2, 0.25) is 0 Å². The lowest BCUT2D eigenvalue weighted by atomic mass is 10.3. The van der Waals surface area contributed by atoms with E-state index in [-0.39, 0.29) is 6.61 Å². The number of aromatic hydroxyl groups is 1. The highest BCUT2D eigenvalue weighted by atomic mass is 36.0. The lowest BCUT2D eigenvalue weighted by molar-refractivity contribution is 0.0500. The predicted octanol–water partition coefficient (Wildman–Crippen LogP) is 5.71. The van der Waals surface area contributed by atoms with Crippen LogP contribution >= 0.6 is 44.6 Å². The molecule has 0 radical (unpaired) electrons. The number of phenols is 1. The van der Waals surface area contributed by atoms with Gasteiger partial charge in [-0.15, -0.1) is 23.2 Å². The summed E-state index contributed by atoms with van der Waals surface area (Å²) >= 11 is 10.6. The summed E-state index contributed by atoms with van der Waals surface area (Å²) in [5.74, 6) is 2.30. The summed E-state index contributed by atoms with van der Waals surface area (Å²) in [4.78, 5) is 4.04. The molecule has 14 nitrogen and oxygen atoms in total. The van der Waals surface area contributed by atoms with Crippen molar-refractivity contribution in [2.45, 2.75) is 0 Å². The fraction of sp³-hybridized carbons (Fsp3) is 0.667. The first kappa shape index (κ1) is 60.3. The summed E-state index contributed by atoms with van der Waals surface area (Å²) in [6.45, 7) is 7.85. The third-order valence-corrected chi connectivity index (χ3v) is 5.93. The van der Waals surface area contributed by atoms with Gasteiger partial charge >= 0.3 is 0 Å². The van der Waals surface area contributed by atoms with E-state index >= 15 is 0 Å². The number of aliphatic hydroxyl groups excluding tert-OH is 1. The molecule has 0 amide bonds. The van der Waals surface area contributed by atoms with Gasteiger partial charge in [0.25, 0.3) is 0 Å². The van der Waals surface area contributed by atoms with Crippen molar-refractivity contribution in [2.75, 3.05) is 171 Å². The molecule has 2 rings (SSSR count). The van der Waals surface area contributed by atoms with Crippen molar-refractivity contribution in [1.82, 2.24) is 0 Å². The Balaban J connectivity index is -0.000000300. The van der Waals surface area contributed by atoms with Crippen LogP contribution in [0.1, 0.15) is 0 Å². The Kier molecular flexibility index (Phi) is 55.5. The van der Waals surface area contributed by atoms with Crippen molar-refractivity contribution in [1.29, 1.82) is 0 Å². The quantitative estimate of drug-likeness (QED) is 0.0754. The minimum atomic E-state index is -1.67. The molecule has 0 fully saturated rings. The second-order valence-electron chi connectivity index (χ2n) is 10.4. The van der Waals surface area contributed by atoms with Gasteiger partial charge in [0.15, 0.2) is 0 Å².